The first-order valence-electron chi connectivity index (χ1n) is 3.54. The number of hydrogen-bond donors (Lipinski definition) is 5. The van der Waals surface area contributed by atoms with Crippen molar-refractivity contribution in [1.82, 2.24) is 5.32 Å². The van der Waals surface area contributed by atoms with E-state index in [1.54, 1.807) is 0 Å². The van der Waals surface area contributed by atoms with Crippen molar-refractivity contribution in [3.63, 3.8) is 0 Å². The normalized spacial score (nSPS) is 21.1. The summed E-state index contributed by atoms with van der Waals surface area (Å²) in [7, 11) is -2.17. The quantitative estimate of drug-likeness (QED) is 0.290. The third kappa shape index (κ3) is 6.11. The first-order chi connectivity index (χ1) is 5.54. The molecular weight excluding hydrogens is 165 g/mol. The van der Waals surface area contributed by atoms with Gasteiger partial charge in [-0.1, -0.05) is 0 Å². The highest BCUT2D eigenvalue weighted by molar-refractivity contribution is 6.30. The molecule has 0 bridgehead atoms. The summed E-state index contributed by atoms with van der Waals surface area (Å²) in [5.74, 6) is -0.720. The van der Waals surface area contributed by atoms with E-state index in [1.807, 2.05) is 0 Å². The van der Waals surface area contributed by atoms with Crippen LogP contribution in [0.1, 0.15) is 12.8 Å². The summed E-state index contributed by atoms with van der Waals surface area (Å²) in [6.45, 7) is 0.858. The molecule has 0 spiro atoms. The number of rotatable bonds is 1. The van der Waals surface area contributed by atoms with E-state index >= 15 is 0 Å². The molecule has 0 aliphatic carbocycles. The zero-order chi connectivity index (χ0) is 9.56. The third-order valence-electron chi connectivity index (χ3n) is 1.36. The number of hydrogen-bond acceptors (Lipinski definition) is 5. The molecule has 0 aromatic rings. The van der Waals surface area contributed by atoms with Gasteiger partial charge in [0.25, 0.3) is 0 Å². The Morgan fingerprint density at radius 3 is 2.08 bits per heavy atom. The summed E-state index contributed by atoms with van der Waals surface area (Å²) >= 11 is 0. The molecule has 7 heteroatoms. The summed E-state index contributed by atoms with van der Waals surface area (Å²) < 4.78 is 0. The van der Waals surface area contributed by atoms with Crippen LogP contribution in [-0.2, 0) is 4.79 Å². The maximum Gasteiger partial charge on any atom is 0.631 e. The van der Waals surface area contributed by atoms with Gasteiger partial charge in [-0.2, -0.15) is 0 Å². The second kappa shape index (κ2) is 5.95. The Bertz CT molecular complexity index is 133. The van der Waals surface area contributed by atoms with Crippen molar-refractivity contribution >= 4 is 13.3 Å². The Morgan fingerprint density at radius 1 is 1.42 bits per heavy atom. The highest BCUT2D eigenvalue weighted by Gasteiger charge is 2.20. The van der Waals surface area contributed by atoms with Crippen LogP contribution < -0.4 is 5.32 Å². The van der Waals surface area contributed by atoms with Gasteiger partial charge >= 0.3 is 13.3 Å². The van der Waals surface area contributed by atoms with Crippen molar-refractivity contribution in [2.75, 3.05) is 6.54 Å². The molecule has 1 heterocycles. The average molecular weight is 177 g/mol. The van der Waals surface area contributed by atoms with Crippen LogP contribution in [0.4, 0.5) is 0 Å². The first kappa shape index (κ1) is 11.4. The Labute approximate surface area is 70.0 Å². The minimum absolute atomic E-state index is 0.269. The Balaban J connectivity index is 0.000000261. The molecule has 1 atom stereocenters. The van der Waals surface area contributed by atoms with Gasteiger partial charge in [0.15, 0.2) is 0 Å². The Hall–Kier alpha value is -0.625. The van der Waals surface area contributed by atoms with E-state index in [1.165, 1.54) is 0 Å². The Morgan fingerprint density at radius 2 is 1.92 bits per heavy atom. The molecule has 1 rings (SSSR count). The van der Waals surface area contributed by atoms with Crippen LogP contribution >= 0.6 is 0 Å². The van der Waals surface area contributed by atoms with E-state index in [4.69, 9.17) is 20.2 Å². The Kier molecular flexibility index (Phi) is 5.64. The van der Waals surface area contributed by atoms with Crippen LogP contribution in [0.5, 0.6) is 0 Å². The monoisotopic (exact) mass is 177 g/mol. The fourth-order valence-electron chi connectivity index (χ4n) is 0.895. The summed E-state index contributed by atoms with van der Waals surface area (Å²) in [6, 6.07) is -0.269. The van der Waals surface area contributed by atoms with Crippen LogP contribution in [0, 0.1) is 0 Å². The lowest BCUT2D eigenvalue weighted by Crippen LogP contribution is -2.29. The molecule has 1 aliphatic heterocycles. The molecule has 1 aliphatic rings. The summed E-state index contributed by atoms with van der Waals surface area (Å²) in [5, 5.41) is 32.7. The lowest BCUT2D eigenvalue weighted by molar-refractivity contribution is -0.139. The standard InChI is InChI=1S/C5H9NO2.BH3O3/c7-5(8)4-2-1-3-6-4;2-1(3)4/h4,6H,1-3H2,(H,7,8);2-4H/t4-;/m0./s1. The van der Waals surface area contributed by atoms with E-state index in [0.29, 0.717) is 0 Å². The molecule has 5 N–H and O–H groups in total. The second-order valence-electron chi connectivity index (χ2n) is 2.33. The van der Waals surface area contributed by atoms with Crippen LogP contribution in [-0.4, -0.2) is 46.1 Å². The van der Waals surface area contributed by atoms with E-state index in [-0.39, 0.29) is 6.04 Å². The minimum Gasteiger partial charge on any atom is -0.480 e. The number of carbonyl (C=O) groups is 1. The number of nitrogens with one attached hydrogen (secondary N) is 1. The molecule has 6 nitrogen and oxygen atoms in total. The van der Waals surface area contributed by atoms with Crippen molar-refractivity contribution in [2.24, 2.45) is 0 Å². The molecule has 0 amide bonds. The number of carboxylic acids is 1. The highest BCUT2D eigenvalue weighted by atomic mass is 16.5. The van der Waals surface area contributed by atoms with Crippen molar-refractivity contribution in [3.05, 3.63) is 0 Å². The molecule has 0 aromatic carbocycles. The van der Waals surface area contributed by atoms with Crippen molar-refractivity contribution in [3.8, 4) is 0 Å². The topological polar surface area (TPSA) is 110 Å². The van der Waals surface area contributed by atoms with E-state index in [0.717, 1.165) is 19.4 Å². The smallest absolute Gasteiger partial charge is 0.480 e. The van der Waals surface area contributed by atoms with Crippen LogP contribution in [0.2, 0.25) is 0 Å². The van der Waals surface area contributed by atoms with Gasteiger partial charge in [-0.25, -0.2) is 0 Å². The first-order valence-corrected chi connectivity index (χ1v) is 3.54. The molecule has 0 radical (unpaired) electrons. The highest BCUT2D eigenvalue weighted by Crippen LogP contribution is 2.03. The zero-order valence-corrected chi connectivity index (χ0v) is 6.47. The zero-order valence-electron chi connectivity index (χ0n) is 6.47. The van der Waals surface area contributed by atoms with E-state index < -0.39 is 13.3 Å². The average Bonchev–Trinajstić information content (AvgIpc) is 2.34. The van der Waals surface area contributed by atoms with E-state index in [2.05, 4.69) is 5.32 Å². The largest absolute Gasteiger partial charge is 0.631 e. The SMILES string of the molecule is O=C(O)[C@@H]1CCCN1.OB(O)O. The molecule has 70 valence electrons. The van der Waals surface area contributed by atoms with Gasteiger partial charge in [0.1, 0.15) is 6.04 Å². The number of aliphatic carboxylic acids is 1. The maximum atomic E-state index is 10.1. The van der Waals surface area contributed by atoms with Crippen LogP contribution in [0.25, 0.3) is 0 Å². The van der Waals surface area contributed by atoms with Crippen LogP contribution in [0.3, 0.4) is 0 Å². The molecule has 12 heavy (non-hydrogen) atoms. The summed E-state index contributed by atoms with van der Waals surface area (Å²) in [4.78, 5) is 10.1. The van der Waals surface area contributed by atoms with Gasteiger partial charge in [-0.05, 0) is 19.4 Å². The van der Waals surface area contributed by atoms with Crippen molar-refractivity contribution < 1.29 is 25.0 Å². The molecular formula is C5H12BNO5. The number of carboxylic acid groups (broad SMARTS) is 1. The molecule has 0 unspecified atom stereocenters. The summed E-state index contributed by atoms with van der Waals surface area (Å²) in [5.41, 5.74) is 0. The molecule has 1 saturated heterocycles. The lowest BCUT2D eigenvalue weighted by Gasteiger charge is -1.99. The predicted molar refractivity (Wildman–Crippen MR) is 41.1 cm³/mol. The second-order valence-corrected chi connectivity index (χ2v) is 2.33. The lowest BCUT2D eigenvalue weighted by atomic mass is 10.2. The fraction of sp³-hybridized carbons (Fsp3) is 0.800. The van der Waals surface area contributed by atoms with Crippen LogP contribution in [0.15, 0.2) is 0 Å². The summed E-state index contributed by atoms with van der Waals surface area (Å²) in [6.07, 6.45) is 1.78. The minimum atomic E-state index is -2.17. The van der Waals surface area contributed by atoms with Gasteiger partial charge in [-0.3, -0.25) is 4.79 Å². The van der Waals surface area contributed by atoms with Crippen molar-refractivity contribution in [1.29, 1.82) is 0 Å². The van der Waals surface area contributed by atoms with Gasteiger partial charge in [0, 0.05) is 0 Å². The molecule has 1 fully saturated rings. The third-order valence-corrected chi connectivity index (χ3v) is 1.36. The van der Waals surface area contributed by atoms with Gasteiger partial charge in [0.05, 0.1) is 0 Å². The predicted octanol–water partition coefficient (Wildman–Crippen LogP) is -2.23. The maximum absolute atomic E-state index is 10.1. The molecule has 0 aromatic heterocycles. The van der Waals surface area contributed by atoms with Gasteiger partial charge in [0.2, 0.25) is 0 Å². The van der Waals surface area contributed by atoms with Crippen molar-refractivity contribution in [2.45, 2.75) is 18.9 Å². The van der Waals surface area contributed by atoms with Gasteiger partial charge in [-0.15, -0.1) is 0 Å². The van der Waals surface area contributed by atoms with E-state index in [9.17, 15) is 4.79 Å². The fourth-order valence-corrected chi connectivity index (χ4v) is 0.895. The molecule has 0 saturated carbocycles. The van der Waals surface area contributed by atoms with Gasteiger partial charge < -0.3 is 25.5 Å².